The normalized spacial score (nSPS) is 11.8. The minimum atomic E-state index is -3.52. The highest BCUT2D eigenvalue weighted by Gasteiger charge is 2.18. The summed E-state index contributed by atoms with van der Waals surface area (Å²) in [6.45, 7) is 7.22. The fraction of sp³-hybridized carbons (Fsp3) is 0.400. The van der Waals surface area contributed by atoms with Crippen molar-refractivity contribution in [3.63, 3.8) is 0 Å². The van der Waals surface area contributed by atoms with E-state index in [4.69, 9.17) is 0 Å². The van der Waals surface area contributed by atoms with Gasteiger partial charge < -0.3 is 0 Å². The van der Waals surface area contributed by atoms with Crippen LogP contribution in [0.1, 0.15) is 25.5 Å². The topological polar surface area (TPSA) is 71.4 Å². The minimum Gasteiger partial charge on any atom is -0.262 e. The van der Waals surface area contributed by atoms with E-state index in [1.54, 1.807) is 0 Å². The van der Waals surface area contributed by atoms with Crippen molar-refractivity contribution >= 4 is 22.4 Å². The molecule has 0 saturated heterocycles. The maximum absolute atomic E-state index is 11.7. The number of pyridine rings is 1. The van der Waals surface area contributed by atoms with Gasteiger partial charge in [-0.1, -0.05) is 13.8 Å². The summed E-state index contributed by atoms with van der Waals surface area (Å²) in [6.07, 6.45) is 1.42. The number of aliphatic imine (C=N–C) groups is 1. The maximum Gasteiger partial charge on any atom is 0.242 e. The zero-order chi connectivity index (χ0) is 12.3. The molecule has 0 bridgehead atoms. The Bertz CT molecular complexity index is 495. The largest absolute Gasteiger partial charge is 0.262 e. The van der Waals surface area contributed by atoms with Crippen LogP contribution in [-0.2, 0) is 10.0 Å². The van der Waals surface area contributed by atoms with E-state index in [9.17, 15) is 8.42 Å². The van der Waals surface area contributed by atoms with Crippen LogP contribution in [0.5, 0.6) is 0 Å². The predicted octanol–water partition coefficient (Wildman–Crippen LogP) is 1.45. The molecule has 1 aromatic rings. The average molecular weight is 241 g/mol. The monoisotopic (exact) mass is 241 g/mol. The van der Waals surface area contributed by atoms with Crippen molar-refractivity contribution in [2.75, 3.05) is 7.05 Å². The molecular formula is C10H15N3O2S. The van der Waals surface area contributed by atoms with Gasteiger partial charge in [-0.3, -0.25) is 9.98 Å². The number of aromatic nitrogens is 1. The van der Waals surface area contributed by atoms with Gasteiger partial charge in [0, 0.05) is 5.69 Å². The first kappa shape index (κ1) is 12.8. The first-order valence-corrected chi connectivity index (χ1v) is 6.31. The molecule has 0 amide bonds. The highest BCUT2D eigenvalue weighted by atomic mass is 32.2. The lowest BCUT2D eigenvalue weighted by Crippen LogP contribution is -2.19. The SMILES string of the molecule is C=Nc1cnc(C(C)C)cc1S(=O)(=O)NC. The second-order valence-corrected chi connectivity index (χ2v) is 5.45. The Labute approximate surface area is 95.7 Å². The van der Waals surface area contributed by atoms with E-state index < -0.39 is 10.0 Å². The molecule has 1 aromatic heterocycles. The first-order chi connectivity index (χ1) is 7.42. The number of sulfonamides is 1. The van der Waals surface area contributed by atoms with Gasteiger partial charge in [0.2, 0.25) is 10.0 Å². The fourth-order valence-corrected chi connectivity index (χ4v) is 2.09. The molecule has 6 heteroatoms. The van der Waals surface area contributed by atoms with Crippen LogP contribution >= 0.6 is 0 Å². The van der Waals surface area contributed by atoms with Crippen LogP contribution in [-0.4, -0.2) is 27.2 Å². The lowest BCUT2D eigenvalue weighted by Gasteiger charge is -2.09. The molecule has 0 radical (unpaired) electrons. The Hall–Kier alpha value is -1.27. The molecule has 0 unspecified atom stereocenters. The third-order valence-corrected chi connectivity index (χ3v) is 3.63. The maximum atomic E-state index is 11.7. The van der Waals surface area contributed by atoms with E-state index in [2.05, 4.69) is 21.4 Å². The Balaban J connectivity index is 3.45. The minimum absolute atomic E-state index is 0.115. The third kappa shape index (κ3) is 2.45. The Morgan fingerprint density at radius 1 is 1.50 bits per heavy atom. The second-order valence-electron chi connectivity index (χ2n) is 3.60. The quantitative estimate of drug-likeness (QED) is 0.811. The summed E-state index contributed by atoms with van der Waals surface area (Å²) < 4.78 is 25.7. The second kappa shape index (κ2) is 4.71. The van der Waals surface area contributed by atoms with Crippen molar-refractivity contribution in [1.82, 2.24) is 9.71 Å². The molecule has 88 valence electrons. The Morgan fingerprint density at radius 3 is 2.56 bits per heavy atom. The molecule has 5 nitrogen and oxygen atoms in total. The van der Waals surface area contributed by atoms with Crippen molar-refractivity contribution in [3.05, 3.63) is 18.0 Å². The molecule has 1 rings (SSSR count). The van der Waals surface area contributed by atoms with Crippen LogP contribution in [0, 0.1) is 0 Å². The van der Waals surface area contributed by atoms with E-state index in [0.29, 0.717) is 5.69 Å². The zero-order valence-corrected chi connectivity index (χ0v) is 10.4. The van der Waals surface area contributed by atoms with E-state index in [-0.39, 0.29) is 16.5 Å². The molecule has 16 heavy (non-hydrogen) atoms. The summed E-state index contributed by atoms with van der Waals surface area (Å²) in [6, 6.07) is 1.53. The van der Waals surface area contributed by atoms with Crippen molar-refractivity contribution in [1.29, 1.82) is 0 Å². The molecule has 1 heterocycles. The van der Waals surface area contributed by atoms with Gasteiger partial charge in [0.05, 0.1) is 6.20 Å². The first-order valence-electron chi connectivity index (χ1n) is 4.82. The van der Waals surface area contributed by atoms with Gasteiger partial charge in [0.1, 0.15) is 10.6 Å². The van der Waals surface area contributed by atoms with Crippen molar-refractivity contribution in [2.45, 2.75) is 24.7 Å². The van der Waals surface area contributed by atoms with Crippen LogP contribution in [0.4, 0.5) is 5.69 Å². The van der Waals surface area contributed by atoms with Crippen molar-refractivity contribution < 1.29 is 8.42 Å². The van der Waals surface area contributed by atoms with Crippen LogP contribution in [0.2, 0.25) is 0 Å². The van der Waals surface area contributed by atoms with E-state index in [0.717, 1.165) is 0 Å². The highest BCUT2D eigenvalue weighted by molar-refractivity contribution is 7.89. The number of rotatable bonds is 4. The summed E-state index contributed by atoms with van der Waals surface area (Å²) >= 11 is 0. The molecule has 0 aliphatic carbocycles. The molecule has 0 aliphatic heterocycles. The molecule has 0 saturated carbocycles. The predicted molar refractivity (Wildman–Crippen MR) is 63.8 cm³/mol. The van der Waals surface area contributed by atoms with Gasteiger partial charge >= 0.3 is 0 Å². The molecular weight excluding hydrogens is 226 g/mol. The van der Waals surface area contributed by atoms with E-state index in [1.165, 1.54) is 19.3 Å². The highest BCUT2D eigenvalue weighted by Crippen LogP contribution is 2.25. The van der Waals surface area contributed by atoms with Crippen LogP contribution in [0.15, 0.2) is 22.2 Å². The summed E-state index contributed by atoms with van der Waals surface area (Å²) in [5.74, 6) is 0.157. The van der Waals surface area contributed by atoms with Crippen LogP contribution in [0.25, 0.3) is 0 Å². The number of nitrogens with zero attached hydrogens (tertiary/aromatic N) is 2. The number of hydrogen-bond acceptors (Lipinski definition) is 4. The van der Waals surface area contributed by atoms with Gasteiger partial charge in [0.25, 0.3) is 0 Å². The van der Waals surface area contributed by atoms with E-state index >= 15 is 0 Å². The van der Waals surface area contributed by atoms with E-state index in [1.807, 2.05) is 13.8 Å². The molecule has 0 aromatic carbocycles. The smallest absolute Gasteiger partial charge is 0.242 e. The van der Waals surface area contributed by atoms with Crippen molar-refractivity contribution in [3.8, 4) is 0 Å². The lowest BCUT2D eigenvalue weighted by atomic mass is 10.1. The molecule has 0 aliphatic rings. The van der Waals surface area contributed by atoms with Gasteiger partial charge in [-0.15, -0.1) is 0 Å². The Kier molecular flexibility index (Phi) is 3.77. The number of hydrogen-bond donors (Lipinski definition) is 1. The van der Waals surface area contributed by atoms with Crippen LogP contribution < -0.4 is 4.72 Å². The van der Waals surface area contributed by atoms with Gasteiger partial charge in [-0.25, -0.2) is 13.1 Å². The third-order valence-electron chi connectivity index (χ3n) is 2.19. The number of nitrogens with one attached hydrogen (secondary N) is 1. The summed E-state index contributed by atoms with van der Waals surface area (Å²) in [4.78, 5) is 7.90. The fourth-order valence-electron chi connectivity index (χ4n) is 1.20. The van der Waals surface area contributed by atoms with Gasteiger partial charge in [0.15, 0.2) is 0 Å². The van der Waals surface area contributed by atoms with Gasteiger partial charge in [-0.05, 0) is 25.7 Å². The van der Waals surface area contributed by atoms with Crippen molar-refractivity contribution in [2.24, 2.45) is 4.99 Å². The molecule has 0 atom stereocenters. The molecule has 1 N–H and O–H groups in total. The molecule has 0 fully saturated rings. The summed E-state index contributed by atoms with van der Waals surface area (Å²) in [5, 5.41) is 0. The summed E-state index contributed by atoms with van der Waals surface area (Å²) in [5.41, 5.74) is 0.972. The Morgan fingerprint density at radius 2 is 2.12 bits per heavy atom. The lowest BCUT2D eigenvalue weighted by molar-refractivity contribution is 0.588. The average Bonchev–Trinajstić information content (AvgIpc) is 2.28. The standard InChI is InChI=1S/C10H15N3O2S/c1-7(2)8-5-10(16(14,15)12-4)9(11-3)6-13-8/h5-7,12H,3H2,1-2,4H3. The van der Waals surface area contributed by atoms with Crippen LogP contribution in [0.3, 0.4) is 0 Å². The zero-order valence-electron chi connectivity index (χ0n) is 9.56. The summed E-state index contributed by atoms with van der Waals surface area (Å²) in [7, 11) is -2.16. The van der Waals surface area contributed by atoms with Gasteiger partial charge in [-0.2, -0.15) is 0 Å². The molecule has 0 spiro atoms.